The van der Waals surface area contributed by atoms with Gasteiger partial charge in [0.05, 0.1) is 6.61 Å². The lowest BCUT2D eigenvalue weighted by atomic mass is 9.90. The second-order valence-corrected chi connectivity index (χ2v) is 7.42. The Bertz CT molecular complexity index is 983. The highest BCUT2D eigenvalue weighted by Gasteiger charge is 2.13. The van der Waals surface area contributed by atoms with Gasteiger partial charge in [0.2, 0.25) is 0 Å². The van der Waals surface area contributed by atoms with Crippen LogP contribution in [0.5, 0.6) is 11.5 Å². The van der Waals surface area contributed by atoms with Crippen molar-refractivity contribution >= 4 is 6.29 Å². The second-order valence-electron chi connectivity index (χ2n) is 7.42. The Hall–Kier alpha value is -3.11. The van der Waals surface area contributed by atoms with Crippen LogP contribution in [0.15, 0.2) is 54.6 Å². The molecule has 4 nitrogen and oxygen atoms in total. The summed E-state index contributed by atoms with van der Waals surface area (Å²) in [5, 5.41) is 8.94. The lowest BCUT2D eigenvalue weighted by Crippen LogP contribution is -2.02. The number of rotatable bonds is 9. The Morgan fingerprint density at radius 3 is 2.23 bits per heavy atom. The summed E-state index contributed by atoms with van der Waals surface area (Å²) in [5.41, 5.74) is 7.63. The Morgan fingerprint density at radius 1 is 0.900 bits per heavy atom. The van der Waals surface area contributed by atoms with Gasteiger partial charge in [0.15, 0.2) is 0 Å². The van der Waals surface area contributed by atoms with Gasteiger partial charge in [0.25, 0.3) is 0 Å². The van der Waals surface area contributed by atoms with Crippen molar-refractivity contribution in [1.82, 2.24) is 0 Å². The van der Waals surface area contributed by atoms with E-state index in [0.29, 0.717) is 25.2 Å². The van der Waals surface area contributed by atoms with Gasteiger partial charge in [-0.15, -0.1) is 0 Å². The third kappa shape index (κ3) is 5.08. The molecule has 3 aromatic rings. The first-order valence-corrected chi connectivity index (χ1v) is 10.1. The Balaban J connectivity index is 1.82. The van der Waals surface area contributed by atoms with Crippen molar-refractivity contribution in [2.45, 2.75) is 33.8 Å². The van der Waals surface area contributed by atoms with Crippen LogP contribution in [0.25, 0.3) is 11.1 Å². The molecule has 0 fully saturated rings. The van der Waals surface area contributed by atoms with E-state index in [1.165, 1.54) is 16.7 Å². The van der Waals surface area contributed by atoms with Crippen LogP contribution in [0.1, 0.15) is 39.0 Å². The number of hydrogen-bond donors (Lipinski definition) is 1. The molecule has 0 saturated heterocycles. The molecule has 0 unspecified atom stereocenters. The van der Waals surface area contributed by atoms with E-state index in [-0.39, 0.29) is 6.61 Å². The molecule has 0 saturated carbocycles. The van der Waals surface area contributed by atoms with Crippen molar-refractivity contribution in [2.24, 2.45) is 0 Å². The van der Waals surface area contributed by atoms with Crippen LogP contribution < -0.4 is 9.47 Å². The third-order valence-corrected chi connectivity index (χ3v) is 5.20. The van der Waals surface area contributed by atoms with E-state index in [2.05, 4.69) is 51.1 Å². The summed E-state index contributed by atoms with van der Waals surface area (Å²) in [7, 11) is 0. The van der Waals surface area contributed by atoms with E-state index in [1.54, 1.807) is 12.1 Å². The van der Waals surface area contributed by atoms with Gasteiger partial charge in [-0.3, -0.25) is 4.79 Å². The monoisotopic (exact) mass is 404 g/mol. The normalized spacial score (nSPS) is 10.7. The van der Waals surface area contributed by atoms with Crippen LogP contribution in [0.3, 0.4) is 0 Å². The maximum atomic E-state index is 10.8. The van der Waals surface area contributed by atoms with Crippen LogP contribution >= 0.6 is 0 Å². The minimum Gasteiger partial charge on any atom is -0.493 e. The van der Waals surface area contributed by atoms with Gasteiger partial charge in [0, 0.05) is 18.6 Å². The molecule has 156 valence electrons. The molecule has 4 heteroatoms. The van der Waals surface area contributed by atoms with Crippen LogP contribution in [0.2, 0.25) is 0 Å². The summed E-state index contributed by atoms with van der Waals surface area (Å²) in [5.74, 6) is 1.57. The molecule has 0 amide bonds. The Labute approximate surface area is 178 Å². The van der Waals surface area contributed by atoms with E-state index < -0.39 is 0 Å². The number of aryl methyl sites for hydroxylation is 2. The fourth-order valence-electron chi connectivity index (χ4n) is 3.60. The number of aliphatic hydroxyl groups excluding tert-OH is 1. The molecule has 0 atom stereocenters. The maximum Gasteiger partial charge on any atom is 0.150 e. The zero-order valence-electron chi connectivity index (χ0n) is 17.8. The summed E-state index contributed by atoms with van der Waals surface area (Å²) < 4.78 is 11.7. The molecular weight excluding hydrogens is 376 g/mol. The fourth-order valence-corrected chi connectivity index (χ4v) is 3.60. The van der Waals surface area contributed by atoms with Gasteiger partial charge < -0.3 is 14.6 Å². The maximum absolute atomic E-state index is 10.8. The standard InChI is InChI=1S/C26H28O4/c1-18-14-24(29-13-5-12-27)15-19(2)26(18)25-7-4-6-22(20(25)3)17-30-23-10-8-21(16-28)9-11-23/h4,6-11,14-16,27H,5,12-13,17H2,1-3H3. The Morgan fingerprint density at radius 2 is 1.60 bits per heavy atom. The molecule has 0 aliphatic rings. The largest absolute Gasteiger partial charge is 0.493 e. The van der Waals surface area contributed by atoms with Crippen molar-refractivity contribution in [3.8, 4) is 22.6 Å². The number of benzene rings is 3. The predicted molar refractivity (Wildman–Crippen MR) is 119 cm³/mol. The van der Waals surface area contributed by atoms with E-state index >= 15 is 0 Å². The summed E-state index contributed by atoms with van der Waals surface area (Å²) in [6, 6.07) is 17.5. The number of carbonyl (C=O) groups is 1. The molecule has 0 radical (unpaired) electrons. The van der Waals surface area contributed by atoms with Gasteiger partial charge in [-0.25, -0.2) is 0 Å². The van der Waals surface area contributed by atoms with Crippen LogP contribution in [-0.4, -0.2) is 24.6 Å². The molecule has 30 heavy (non-hydrogen) atoms. The van der Waals surface area contributed by atoms with Crippen LogP contribution in [0, 0.1) is 20.8 Å². The number of aldehydes is 1. The van der Waals surface area contributed by atoms with E-state index in [9.17, 15) is 4.79 Å². The Kier molecular flexibility index (Phi) is 7.26. The highest BCUT2D eigenvalue weighted by molar-refractivity contribution is 5.76. The van der Waals surface area contributed by atoms with Crippen LogP contribution in [0.4, 0.5) is 0 Å². The lowest BCUT2D eigenvalue weighted by Gasteiger charge is -2.18. The van der Waals surface area contributed by atoms with E-state index in [1.807, 2.05) is 12.1 Å². The van der Waals surface area contributed by atoms with Crippen molar-refractivity contribution in [1.29, 1.82) is 0 Å². The first kappa shape index (κ1) is 21.6. The topological polar surface area (TPSA) is 55.8 Å². The summed E-state index contributed by atoms with van der Waals surface area (Å²) in [4.78, 5) is 10.8. The molecule has 0 aromatic heterocycles. The zero-order valence-corrected chi connectivity index (χ0v) is 17.8. The van der Waals surface area contributed by atoms with Gasteiger partial charge in [0.1, 0.15) is 24.4 Å². The molecule has 0 heterocycles. The number of hydrogen-bond acceptors (Lipinski definition) is 4. The molecule has 0 bridgehead atoms. The average Bonchev–Trinajstić information content (AvgIpc) is 2.74. The first-order valence-electron chi connectivity index (χ1n) is 10.1. The summed E-state index contributed by atoms with van der Waals surface area (Å²) in [6.45, 7) is 7.41. The van der Waals surface area contributed by atoms with E-state index in [0.717, 1.165) is 34.5 Å². The molecule has 3 aromatic carbocycles. The summed E-state index contributed by atoms with van der Waals surface area (Å²) >= 11 is 0. The summed E-state index contributed by atoms with van der Waals surface area (Å²) in [6.07, 6.45) is 1.45. The smallest absolute Gasteiger partial charge is 0.150 e. The minimum absolute atomic E-state index is 0.130. The second kappa shape index (κ2) is 10.1. The van der Waals surface area contributed by atoms with Gasteiger partial charge in [-0.05, 0) is 90.6 Å². The van der Waals surface area contributed by atoms with Gasteiger partial charge in [-0.1, -0.05) is 18.2 Å². The predicted octanol–water partition coefficient (Wildman–Crippen LogP) is 5.43. The molecule has 1 N–H and O–H groups in total. The quantitative estimate of drug-likeness (QED) is 0.382. The molecule has 0 aliphatic carbocycles. The van der Waals surface area contributed by atoms with Gasteiger partial charge in [-0.2, -0.15) is 0 Å². The highest BCUT2D eigenvalue weighted by atomic mass is 16.5. The SMILES string of the molecule is Cc1cc(OCCCO)cc(C)c1-c1cccc(COc2ccc(C=O)cc2)c1C. The van der Waals surface area contributed by atoms with Crippen molar-refractivity contribution in [2.75, 3.05) is 13.2 Å². The molecule has 0 spiro atoms. The molecule has 3 rings (SSSR count). The third-order valence-electron chi connectivity index (χ3n) is 5.20. The number of carbonyl (C=O) groups excluding carboxylic acids is 1. The number of ether oxygens (including phenoxy) is 2. The molecule has 0 aliphatic heterocycles. The van der Waals surface area contributed by atoms with Crippen molar-refractivity contribution in [3.05, 3.63) is 82.4 Å². The zero-order chi connectivity index (χ0) is 21.5. The van der Waals surface area contributed by atoms with Gasteiger partial charge >= 0.3 is 0 Å². The molecular formula is C26H28O4. The highest BCUT2D eigenvalue weighted by Crippen LogP contribution is 2.34. The number of aliphatic hydroxyl groups is 1. The van der Waals surface area contributed by atoms with Crippen LogP contribution in [-0.2, 0) is 6.61 Å². The van der Waals surface area contributed by atoms with E-state index in [4.69, 9.17) is 14.6 Å². The average molecular weight is 405 g/mol. The van der Waals surface area contributed by atoms with Crippen molar-refractivity contribution < 1.29 is 19.4 Å². The lowest BCUT2D eigenvalue weighted by molar-refractivity contribution is 0.112. The van der Waals surface area contributed by atoms with Crippen molar-refractivity contribution in [3.63, 3.8) is 0 Å². The minimum atomic E-state index is 0.130. The first-order chi connectivity index (χ1) is 14.5. The fraction of sp³-hybridized carbons (Fsp3) is 0.269.